The number of rotatable bonds is 8. The molecule has 1 fully saturated rings. The summed E-state index contributed by atoms with van der Waals surface area (Å²) in [5.74, 6) is 2.33. The van der Waals surface area contributed by atoms with Gasteiger partial charge in [-0.2, -0.15) is 0 Å². The number of nitrogens with zero attached hydrogens (tertiary/aromatic N) is 4. The number of ether oxygens (including phenoxy) is 1. The third-order valence-corrected chi connectivity index (χ3v) is 5.34. The van der Waals surface area contributed by atoms with Crippen LogP contribution in [0.2, 0.25) is 0 Å². The van der Waals surface area contributed by atoms with E-state index in [0.717, 1.165) is 36.9 Å². The molecule has 8 heteroatoms. The molecule has 0 radical (unpaired) electrons. The number of hydrogen-bond acceptors (Lipinski definition) is 4. The van der Waals surface area contributed by atoms with Crippen LogP contribution in [-0.2, 0) is 13.6 Å². The highest BCUT2D eigenvalue weighted by atomic mass is 19.1. The molecule has 1 aliphatic carbocycles. The molecule has 2 aromatic rings. The van der Waals surface area contributed by atoms with Gasteiger partial charge in [0.15, 0.2) is 23.4 Å². The van der Waals surface area contributed by atoms with Crippen LogP contribution in [0, 0.1) is 12.7 Å². The molecule has 0 aliphatic heterocycles. The SMILES string of the molecule is CCC(CNC(=NCc1nnc(C)n1C)NC1CCCC1)Oc1ccccc1F. The average molecular weight is 403 g/mol. The van der Waals surface area contributed by atoms with Gasteiger partial charge in [0.1, 0.15) is 18.5 Å². The molecule has 1 aromatic heterocycles. The van der Waals surface area contributed by atoms with E-state index < -0.39 is 0 Å². The minimum atomic E-state index is -0.346. The Kier molecular flexibility index (Phi) is 7.43. The van der Waals surface area contributed by atoms with E-state index in [4.69, 9.17) is 9.73 Å². The normalized spacial score (nSPS) is 16.1. The molecule has 1 saturated carbocycles. The van der Waals surface area contributed by atoms with Crippen molar-refractivity contribution < 1.29 is 9.13 Å². The van der Waals surface area contributed by atoms with E-state index in [-0.39, 0.29) is 17.7 Å². The van der Waals surface area contributed by atoms with Crippen LogP contribution in [0.5, 0.6) is 5.75 Å². The Labute approximate surface area is 171 Å². The predicted molar refractivity (Wildman–Crippen MR) is 111 cm³/mol. The van der Waals surface area contributed by atoms with Gasteiger partial charge in [0, 0.05) is 13.1 Å². The summed E-state index contributed by atoms with van der Waals surface area (Å²) < 4.78 is 21.7. The fourth-order valence-corrected chi connectivity index (χ4v) is 3.35. The van der Waals surface area contributed by atoms with Crippen LogP contribution >= 0.6 is 0 Å². The largest absolute Gasteiger partial charge is 0.486 e. The Morgan fingerprint density at radius 3 is 2.72 bits per heavy atom. The number of aliphatic imine (C=N–C) groups is 1. The Bertz CT molecular complexity index is 815. The number of halogens is 1. The molecule has 7 nitrogen and oxygen atoms in total. The minimum absolute atomic E-state index is 0.167. The third kappa shape index (κ3) is 5.92. The van der Waals surface area contributed by atoms with Gasteiger partial charge in [0.2, 0.25) is 0 Å². The van der Waals surface area contributed by atoms with Gasteiger partial charge in [-0.1, -0.05) is 31.9 Å². The molecule has 0 spiro atoms. The van der Waals surface area contributed by atoms with Gasteiger partial charge >= 0.3 is 0 Å². The van der Waals surface area contributed by atoms with Gasteiger partial charge in [-0.25, -0.2) is 9.38 Å². The number of para-hydroxylation sites is 1. The Balaban J connectivity index is 1.63. The first-order valence-electron chi connectivity index (χ1n) is 10.4. The first kappa shape index (κ1) is 21.1. The molecule has 0 bridgehead atoms. The summed E-state index contributed by atoms with van der Waals surface area (Å²) in [6.07, 6.45) is 5.35. The molecule has 2 N–H and O–H groups in total. The monoisotopic (exact) mass is 402 g/mol. The maximum absolute atomic E-state index is 13.9. The molecule has 3 rings (SSSR count). The number of nitrogens with one attached hydrogen (secondary N) is 2. The van der Waals surface area contributed by atoms with Crippen LogP contribution in [0.1, 0.15) is 50.7 Å². The van der Waals surface area contributed by atoms with Crippen molar-refractivity contribution in [3.63, 3.8) is 0 Å². The van der Waals surface area contributed by atoms with Crippen LogP contribution < -0.4 is 15.4 Å². The highest BCUT2D eigenvalue weighted by Crippen LogP contribution is 2.19. The minimum Gasteiger partial charge on any atom is -0.486 e. The van der Waals surface area contributed by atoms with Gasteiger partial charge < -0.3 is 19.9 Å². The molecule has 0 amide bonds. The van der Waals surface area contributed by atoms with E-state index in [1.807, 2.05) is 25.5 Å². The van der Waals surface area contributed by atoms with Gasteiger partial charge in [0.05, 0.1) is 6.54 Å². The Morgan fingerprint density at radius 1 is 1.31 bits per heavy atom. The lowest BCUT2D eigenvalue weighted by Crippen LogP contribution is -2.46. The van der Waals surface area contributed by atoms with Gasteiger partial charge in [0.25, 0.3) is 0 Å². The summed E-state index contributed by atoms with van der Waals surface area (Å²) >= 11 is 0. The van der Waals surface area contributed by atoms with Crippen molar-refractivity contribution in [2.45, 2.75) is 64.6 Å². The van der Waals surface area contributed by atoms with Crippen LogP contribution in [0.3, 0.4) is 0 Å². The zero-order valence-corrected chi connectivity index (χ0v) is 17.5. The van der Waals surface area contributed by atoms with Crippen molar-refractivity contribution in [1.82, 2.24) is 25.4 Å². The number of benzene rings is 1. The van der Waals surface area contributed by atoms with Gasteiger partial charge in [-0.15, -0.1) is 10.2 Å². The summed E-state index contributed by atoms with van der Waals surface area (Å²) in [7, 11) is 1.94. The fourth-order valence-electron chi connectivity index (χ4n) is 3.35. The summed E-state index contributed by atoms with van der Waals surface area (Å²) in [6.45, 7) is 4.91. The molecular weight excluding hydrogens is 371 g/mol. The first-order valence-corrected chi connectivity index (χ1v) is 10.4. The molecule has 1 unspecified atom stereocenters. The van der Waals surface area contributed by atoms with Gasteiger partial charge in [-0.3, -0.25) is 0 Å². The second-order valence-electron chi connectivity index (χ2n) is 7.47. The molecule has 1 atom stereocenters. The molecular formula is C21H31FN6O. The number of aryl methyl sites for hydroxylation is 1. The molecule has 0 saturated heterocycles. The lowest BCUT2D eigenvalue weighted by atomic mass is 10.2. The highest BCUT2D eigenvalue weighted by molar-refractivity contribution is 5.80. The molecule has 1 aliphatic rings. The summed E-state index contributed by atoms with van der Waals surface area (Å²) in [5.41, 5.74) is 0. The molecule has 1 heterocycles. The maximum atomic E-state index is 13.9. The number of guanidine groups is 1. The number of hydrogen-bond donors (Lipinski definition) is 2. The van der Waals surface area contributed by atoms with E-state index in [1.165, 1.54) is 18.9 Å². The lowest BCUT2D eigenvalue weighted by molar-refractivity contribution is 0.191. The smallest absolute Gasteiger partial charge is 0.192 e. The van der Waals surface area contributed by atoms with Crippen molar-refractivity contribution in [3.8, 4) is 5.75 Å². The van der Waals surface area contributed by atoms with Crippen LogP contribution in [0.4, 0.5) is 4.39 Å². The predicted octanol–water partition coefficient (Wildman–Crippen LogP) is 3.10. The van der Waals surface area contributed by atoms with E-state index in [2.05, 4.69) is 20.8 Å². The quantitative estimate of drug-likeness (QED) is 0.524. The standard InChI is InChI=1S/C21H31FN6O/c1-4-17(29-19-12-8-7-11-18(19)22)13-23-21(25-16-9-5-6-10-16)24-14-20-27-26-15(2)28(20)3/h7-8,11-12,16-17H,4-6,9-10,13-14H2,1-3H3,(H2,23,24,25). The van der Waals surface area contributed by atoms with E-state index in [1.54, 1.807) is 18.2 Å². The number of aromatic nitrogens is 3. The molecule has 29 heavy (non-hydrogen) atoms. The van der Waals surface area contributed by atoms with Crippen molar-refractivity contribution in [2.24, 2.45) is 12.0 Å². The van der Waals surface area contributed by atoms with E-state index in [9.17, 15) is 4.39 Å². The van der Waals surface area contributed by atoms with Gasteiger partial charge in [-0.05, 0) is 38.3 Å². The summed E-state index contributed by atoms with van der Waals surface area (Å²) in [6, 6.07) is 6.92. The Morgan fingerprint density at radius 2 is 2.07 bits per heavy atom. The maximum Gasteiger partial charge on any atom is 0.192 e. The van der Waals surface area contributed by atoms with Crippen molar-refractivity contribution in [1.29, 1.82) is 0 Å². The van der Waals surface area contributed by atoms with Crippen LogP contribution in [-0.4, -0.2) is 39.4 Å². The zero-order chi connectivity index (χ0) is 20.6. The van der Waals surface area contributed by atoms with Crippen LogP contribution in [0.15, 0.2) is 29.3 Å². The first-order chi connectivity index (χ1) is 14.1. The lowest BCUT2D eigenvalue weighted by Gasteiger charge is -2.22. The third-order valence-electron chi connectivity index (χ3n) is 5.34. The van der Waals surface area contributed by atoms with E-state index >= 15 is 0 Å². The summed E-state index contributed by atoms with van der Waals surface area (Å²) in [4.78, 5) is 4.70. The van der Waals surface area contributed by atoms with E-state index in [0.29, 0.717) is 19.1 Å². The van der Waals surface area contributed by atoms with Crippen molar-refractivity contribution in [3.05, 3.63) is 41.7 Å². The summed E-state index contributed by atoms with van der Waals surface area (Å²) in [5, 5.41) is 15.2. The van der Waals surface area contributed by atoms with Crippen LogP contribution in [0.25, 0.3) is 0 Å². The topological polar surface area (TPSA) is 76.4 Å². The zero-order valence-electron chi connectivity index (χ0n) is 17.5. The van der Waals surface area contributed by atoms with Crippen molar-refractivity contribution >= 4 is 5.96 Å². The Hall–Kier alpha value is -2.64. The van der Waals surface area contributed by atoms with Crippen molar-refractivity contribution in [2.75, 3.05) is 6.54 Å². The molecule has 158 valence electrons. The highest BCUT2D eigenvalue weighted by Gasteiger charge is 2.18. The average Bonchev–Trinajstić information content (AvgIpc) is 3.35. The molecule has 1 aromatic carbocycles. The second-order valence-corrected chi connectivity index (χ2v) is 7.47. The second kappa shape index (κ2) is 10.2. The fraction of sp³-hybridized carbons (Fsp3) is 0.571.